The standard InChI is InChI=1S/C16H25N3O/c1-20-7-6-18-9-13-8-14(10-18)12-19(11-13)16-4-2-15(17)3-5-16/h2-5,13-14H,6-12,17H2,1H3. The Hall–Kier alpha value is -1.26. The minimum atomic E-state index is 0.789. The van der Waals surface area contributed by atoms with E-state index in [0.717, 1.165) is 30.7 Å². The maximum Gasteiger partial charge on any atom is 0.0589 e. The summed E-state index contributed by atoms with van der Waals surface area (Å²) in [4.78, 5) is 5.11. The molecule has 0 saturated carbocycles. The van der Waals surface area contributed by atoms with Gasteiger partial charge in [0, 0.05) is 51.2 Å². The number of hydrogen-bond donors (Lipinski definition) is 1. The molecule has 2 atom stereocenters. The zero-order valence-electron chi connectivity index (χ0n) is 12.3. The topological polar surface area (TPSA) is 41.7 Å². The summed E-state index contributed by atoms with van der Waals surface area (Å²) in [5.41, 5.74) is 7.94. The summed E-state index contributed by atoms with van der Waals surface area (Å²) in [6.07, 6.45) is 1.38. The summed E-state index contributed by atoms with van der Waals surface area (Å²) < 4.78 is 5.20. The van der Waals surface area contributed by atoms with Gasteiger partial charge in [0.1, 0.15) is 0 Å². The van der Waals surface area contributed by atoms with E-state index in [1.807, 2.05) is 12.1 Å². The third kappa shape index (κ3) is 3.07. The lowest BCUT2D eigenvalue weighted by molar-refractivity contribution is 0.0779. The van der Waals surface area contributed by atoms with Crippen LogP contribution >= 0.6 is 0 Å². The van der Waals surface area contributed by atoms with Gasteiger partial charge in [-0.2, -0.15) is 0 Å². The van der Waals surface area contributed by atoms with E-state index in [1.165, 1.54) is 38.3 Å². The van der Waals surface area contributed by atoms with Gasteiger partial charge in [-0.05, 0) is 42.5 Å². The fourth-order valence-electron chi connectivity index (χ4n) is 3.69. The van der Waals surface area contributed by atoms with Gasteiger partial charge in [-0.15, -0.1) is 0 Å². The second-order valence-corrected chi connectivity index (χ2v) is 6.22. The van der Waals surface area contributed by atoms with Gasteiger partial charge < -0.3 is 20.3 Å². The van der Waals surface area contributed by atoms with Crippen molar-refractivity contribution in [2.45, 2.75) is 6.42 Å². The average molecular weight is 275 g/mol. The number of piperidine rings is 2. The Labute approximate surface area is 121 Å². The molecule has 2 heterocycles. The first-order chi connectivity index (χ1) is 9.74. The molecule has 2 aliphatic heterocycles. The molecule has 0 aliphatic carbocycles. The first-order valence-corrected chi connectivity index (χ1v) is 7.56. The van der Waals surface area contributed by atoms with Crippen LogP contribution in [0.1, 0.15) is 6.42 Å². The van der Waals surface area contributed by atoms with Crippen LogP contribution in [-0.4, -0.2) is 51.3 Å². The predicted octanol–water partition coefficient (Wildman–Crippen LogP) is 1.67. The van der Waals surface area contributed by atoms with Crippen LogP contribution in [0.3, 0.4) is 0 Å². The molecule has 2 saturated heterocycles. The lowest BCUT2D eigenvalue weighted by atomic mass is 9.84. The van der Waals surface area contributed by atoms with Crippen LogP contribution < -0.4 is 10.6 Å². The quantitative estimate of drug-likeness (QED) is 0.849. The third-order valence-corrected chi connectivity index (χ3v) is 4.53. The molecular formula is C16H25N3O. The number of methoxy groups -OCH3 is 1. The van der Waals surface area contributed by atoms with Crippen LogP contribution in [0.2, 0.25) is 0 Å². The SMILES string of the molecule is COCCN1CC2CC(C1)CN(c1ccc(N)cc1)C2. The van der Waals surface area contributed by atoms with E-state index in [2.05, 4.69) is 21.9 Å². The van der Waals surface area contributed by atoms with Gasteiger partial charge in [0.15, 0.2) is 0 Å². The van der Waals surface area contributed by atoms with Crippen molar-refractivity contribution >= 4 is 11.4 Å². The lowest BCUT2D eigenvalue weighted by Crippen LogP contribution is -2.53. The number of nitrogen functional groups attached to an aromatic ring is 1. The molecule has 0 aromatic heterocycles. The molecule has 4 nitrogen and oxygen atoms in total. The monoisotopic (exact) mass is 275 g/mol. The lowest BCUT2D eigenvalue weighted by Gasteiger charge is -2.46. The molecule has 0 amide bonds. The van der Waals surface area contributed by atoms with Gasteiger partial charge in [0.2, 0.25) is 0 Å². The molecule has 1 aromatic rings. The Bertz CT molecular complexity index is 420. The van der Waals surface area contributed by atoms with Crippen LogP contribution in [0.15, 0.2) is 24.3 Å². The summed E-state index contributed by atoms with van der Waals surface area (Å²) in [6.45, 7) is 6.69. The number of likely N-dealkylation sites (tertiary alicyclic amines) is 1. The molecule has 4 heteroatoms. The maximum atomic E-state index is 5.78. The van der Waals surface area contributed by atoms with Crippen molar-refractivity contribution in [2.24, 2.45) is 11.8 Å². The molecular weight excluding hydrogens is 250 g/mol. The Kier molecular flexibility index (Phi) is 4.13. The van der Waals surface area contributed by atoms with Crippen molar-refractivity contribution in [1.29, 1.82) is 0 Å². The Morgan fingerprint density at radius 3 is 2.35 bits per heavy atom. The van der Waals surface area contributed by atoms with Gasteiger partial charge in [0.25, 0.3) is 0 Å². The van der Waals surface area contributed by atoms with E-state index in [4.69, 9.17) is 10.5 Å². The zero-order valence-corrected chi connectivity index (χ0v) is 12.3. The van der Waals surface area contributed by atoms with E-state index in [1.54, 1.807) is 7.11 Å². The molecule has 1 aromatic carbocycles. The largest absolute Gasteiger partial charge is 0.399 e. The number of ether oxygens (including phenoxy) is 1. The molecule has 0 radical (unpaired) electrons. The highest BCUT2D eigenvalue weighted by molar-refractivity contribution is 5.53. The summed E-state index contributed by atoms with van der Waals surface area (Å²) in [7, 11) is 1.79. The molecule has 2 unspecified atom stereocenters. The summed E-state index contributed by atoms with van der Waals surface area (Å²) in [6, 6.07) is 8.31. The summed E-state index contributed by atoms with van der Waals surface area (Å²) >= 11 is 0. The van der Waals surface area contributed by atoms with Crippen molar-refractivity contribution in [3.63, 3.8) is 0 Å². The molecule has 3 rings (SSSR count). The number of nitrogens with two attached hydrogens (primary N) is 1. The van der Waals surface area contributed by atoms with Gasteiger partial charge in [-0.3, -0.25) is 0 Å². The fourth-order valence-corrected chi connectivity index (χ4v) is 3.69. The Morgan fingerprint density at radius 1 is 1.10 bits per heavy atom. The Morgan fingerprint density at radius 2 is 1.75 bits per heavy atom. The van der Waals surface area contributed by atoms with E-state index in [9.17, 15) is 0 Å². The van der Waals surface area contributed by atoms with Gasteiger partial charge in [0.05, 0.1) is 6.61 Å². The minimum absolute atomic E-state index is 0.789. The van der Waals surface area contributed by atoms with Crippen molar-refractivity contribution in [3.8, 4) is 0 Å². The van der Waals surface area contributed by atoms with Gasteiger partial charge in [-0.25, -0.2) is 0 Å². The Balaban J connectivity index is 1.62. The smallest absolute Gasteiger partial charge is 0.0589 e. The van der Waals surface area contributed by atoms with Crippen LogP contribution in [0.25, 0.3) is 0 Å². The highest BCUT2D eigenvalue weighted by Crippen LogP contribution is 2.31. The molecule has 20 heavy (non-hydrogen) atoms. The molecule has 2 fully saturated rings. The highest BCUT2D eigenvalue weighted by Gasteiger charge is 2.33. The number of hydrogen-bond acceptors (Lipinski definition) is 4. The highest BCUT2D eigenvalue weighted by atomic mass is 16.5. The second-order valence-electron chi connectivity index (χ2n) is 6.22. The number of fused-ring (bicyclic) bond motifs is 2. The van der Waals surface area contributed by atoms with Crippen LogP contribution in [0, 0.1) is 11.8 Å². The van der Waals surface area contributed by atoms with Gasteiger partial charge >= 0.3 is 0 Å². The average Bonchev–Trinajstić information content (AvgIpc) is 2.45. The van der Waals surface area contributed by atoms with Crippen LogP contribution in [-0.2, 0) is 4.74 Å². The second kappa shape index (κ2) is 6.02. The zero-order chi connectivity index (χ0) is 13.9. The third-order valence-electron chi connectivity index (χ3n) is 4.53. The number of benzene rings is 1. The molecule has 2 N–H and O–H groups in total. The van der Waals surface area contributed by atoms with Crippen molar-refractivity contribution in [2.75, 3.05) is 57.1 Å². The van der Waals surface area contributed by atoms with Crippen LogP contribution in [0.5, 0.6) is 0 Å². The summed E-state index contributed by atoms with van der Waals surface area (Å²) in [5, 5.41) is 0. The normalized spacial score (nSPS) is 26.8. The molecule has 0 spiro atoms. The molecule has 2 bridgehead atoms. The minimum Gasteiger partial charge on any atom is -0.399 e. The number of rotatable bonds is 4. The number of nitrogens with zero attached hydrogens (tertiary/aromatic N) is 2. The van der Waals surface area contributed by atoms with Crippen LogP contribution in [0.4, 0.5) is 11.4 Å². The fraction of sp³-hybridized carbons (Fsp3) is 0.625. The van der Waals surface area contributed by atoms with E-state index in [-0.39, 0.29) is 0 Å². The molecule has 2 aliphatic rings. The van der Waals surface area contributed by atoms with E-state index in [0.29, 0.717) is 0 Å². The van der Waals surface area contributed by atoms with Crippen molar-refractivity contribution in [1.82, 2.24) is 4.90 Å². The predicted molar refractivity (Wildman–Crippen MR) is 83.0 cm³/mol. The van der Waals surface area contributed by atoms with Crippen molar-refractivity contribution < 1.29 is 4.74 Å². The van der Waals surface area contributed by atoms with E-state index >= 15 is 0 Å². The van der Waals surface area contributed by atoms with E-state index < -0.39 is 0 Å². The first kappa shape index (κ1) is 13.7. The van der Waals surface area contributed by atoms with Gasteiger partial charge in [-0.1, -0.05) is 0 Å². The maximum absolute atomic E-state index is 5.78. The van der Waals surface area contributed by atoms with Crippen molar-refractivity contribution in [3.05, 3.63) is 24.3 Å². The number of anilines is 2. The first-order valence-electron chi connectivity index (χ1n) is 7.56. The molecule has 110 valence electrons. The summed E-state index contributed by atoms with van der Waals surface area (Å²) in [5.74, 6) is 1.58.